The third kappa shape index (κ3) is 44.8. The van der Waals surface area contributed by atoms with Gasteiger partial charge in [-0.2, -0.15) is 0 Å². The second-order valence-electron chi connectivity index (χ2n) is 19.2. The van der Waals surface area contributed by atoms with E-state index in [9.17, 15) is 34.8 Å². The van der Waals surface area contributed by atoms with Crippen molar-refractivity contribution in [1.82, 2.24) is 9.80 Å². The second kappa shape index (κ2) is 51.9. The maximum absolute atomic E-state index is 13.6. The standard InChI is InChI=1S/C61H104N2O7S2/c1-6-10-14-18-22-26-30-34-38-42-55(65)50-62(51-56(66)43-39-35-31-27-23-19-15-11-7-2)46-48-71-60(69)59(54(5)64)61(70)72-49-47-63(52-57(67)44-40-36-32-28-24-20-16-12-8-3)53-58(68)45-41-37-33-29-25-21-17-13-9-4/h22-29,34-41,55-59,65-68H,6-21,30-33,42-53H2,1-5H3/b26-22-,27-23-,28-24-,29-25-,38-34-,39-35-,40-36-,41-37-. The number of aliphatic hydroxyl groups is 4. The minimum absolute atomic E-state index is 0.286. The molecular formula is C61H104N2O7S2. The number of aliphatic hydroxyl groups excluding tert-OH is 4. The summed E-state index contributed by atoms with van der Waals surface area (Å²) in [6, 6.07) is 0. The van der Waals surface area contributed by atoms with Crippen LogP contribution < -0.4 is 0 Å². The van der Waals surface area contributed by atoms with Gasteiger partial charge in [0.25, 0.3) is 0 Å². The molecule has 0 spiro atoms. The van der Waals surface area contributed by atoms with Crippen LogP contribution >= 0.6 is 23.5 Å². The first-order valence-electron chi connectivity index (χ1n) is 28.2. The van der Waals surface area contributed by atoms with Gasteiger partial charge in [0.2, 0.25) is 10.2 Å². The number of hydrogen-bond donors (Lipinski definition) is 4. The summed E-state index contributed by atoms with van der Waals surface area (Å²) in [7, 11) is 0. The summed E-state index contributed by atoms with van der Waals surface area (Å²) >= 11 is 1.88. The molecule has 0 radical (unpaired) electrons. The van der Waals surface area contributed by atoms with Gasteiger partial charge in [0, 0.05) is 50.8 Å². The Bertz CT molecular complexity index is 1370. The molecule has 0 aromatic rings. The van der Waals surface area contributed by atoms with Crippen LogP contribution in [0.25, 0.3) is 0 Å². The highest BCUT2D eigenvalue weighted by molar-refractivity contribution is 8.15. The molecule has 4 N–H and O–H groups in total. The molecule has 0 aliphatic rings. The first-order chi connectivity index (χ1) is 35.0. The number of carbonyl (C=O) groups is 3. The summed E-state index contributed by atoms with van der Waals surface area (Å²) < 4.78 is 0. The maximum Gasteiger partial charge on any atom is 0.207 e. The summed E-state index contributed by atoms with van der Waals surface area (Å²) in [4.78, 5) is 43.9. The van der Waals surface area contributed by atoms with E-state index in [2.05, 4.69) is 101 Å². The van der Waals surface area contributed by atoms with Crippen molar-refractivity contribution < 1.29 is 34.8 Å². The first kappa shape index (κ1) is 69.4. The van der Waals surface area contributed by atoms with Crippen LogP contribution in [0.1, 0.15) is 189 Å². The van der Waals surface area contributed by atoms with Crippen LogP contribution in [0.2, 0.25) is 0 Å². The second-order valence-corrected chi connectivity index (χ2v) is 21.4. The minimum Gasteiger partial charge on any atom is -0.391 e. The van der Waals surface area contributed by atoms with Crippen molar-refractivity contribution in [2.24, 2.45) is 5.92 Å². The fourth-order valence-corrected chi connectivity index (χ4v) is 9.82. The first-order valence-corrected chi connectivity index (χ1v) is 30.2. The number of ketones is 1. The molecule has 0 aliphatic heterocycles. The Morgan fingerprint density at radius 2 is 0.639 bits per heavy atom. The maximum atomic E-state index is 13.6. The average Bonchev–Trinajstić information content (AvgIpc) is 3.34. The van der Waals surface area contributed by atoms with Crippen molar-refractivity contribution in [2.75, 3.05) is 50.8 Å². The van der Waals surface area contributed by atoms with Gasteiger partial charge in [0.05, 0.1) is 24.4 Å². The Hall–Kier alpha value is -2.61. The fourth-order valence-electron chi connectivity index (χ4n) is 7.77. The van der Waals surface area contributed by atoms with Crippen molar-refractivity contribution in [2.45, 2.75) is 213 Å². The van der Waals surface area contributed by atoms with E-state index >= 15 is 0 Å². The quantitative estimate of drug-likeness (QED) is 0.0263. The van der Waals surface area contributed by atoms with Gasteiger partial charge < -0.3 is 20.4 Å². The SMILES string of the molecule is CCCCC/C=C\C/C=C\CC(O)CN(CCSC(=O)C(C(C)=O)C(=O)SCCN(CC(O)C/C=C\C/C=C\CCCCC)CC(O)C/C=C\C/C=C\CCCCC)CC(O)C/C=C\C/C=C\CCCCC. The molecule has 9 nitrogen and oxygen atoms in total. The Kier molecular flexibility index (Phi) is 50.0. The normalized spacial score (nSPS) is 14.9. The van der Waals surface area contributed by atoms with Gasteiger partial charge in [-0.15, -0.1) is 0 Å². The van der Waals surface area contributed by atoms with E-state index in [4.69, 9.17) is 0 Å². The Morgan fingerprint density at radius 3 is 0.875 bits per heavy atom. The van der Waals surface area contributed by atoms with Crippen LogP contribution in [0.5, 0.6) is 0 Å². The van der Waals surface area contributed by atoms with Gasteiger partial charge >= 0.3 is 0 Å². The predicted molar refractivity (Wildman–Crippen MR) is 313 cm³/mol. The molecule has 0 rings (SSSR count). The van der Waals surface area contributed by atoms with Crippen molar-refractivity contribution in [1.29, 1.82) is 0 Å². The molecule has 4 atom stereocenters. The molecule has 0 heterocycles. The molecule has 0 bridgehead atoms. The molecule has 412 valence electrons. The molecule has 0 aromatic carbocycles. The molecular weight excluding hydrogens is 937 g/mol. The van der Waals surface area contributed by atoms with E-state index in [0.29, 0.717) is 65.0 Å². The number of Topliss-reactive ketones (excluding diaryl/α,β-unsaturated/α-hetero) is 1. The fraction of sp³-hybridized carbons (Fsp3) is 0.689. The Balaban J connectivity index is 5.61. The zero-order valence-corrected chi connectivity index (χ0v) is 47.6. The van der Waals surface area contributed by atoms with Crippen LogP contribution in [-0.2, 0) is 14.4 Å². The zero-order valence-electron chi connectivity index (χ0n) is 46.0. The lowest BCUT2D eigenvalue weighted by molar-refractivity contribution is -0.132. The van der Waals surface area contributed by atoms with Crippen LogP contribution in [0.3, 0.4) is 0 Å². The van der Waals surface area contributed by atoms with Crippen molar-refractivity contribution in [3.05, 3.63) is 97.2 Å². The smallest absolute Gasteiger partial charge is 0.207 e. The van der Waals surface area contributed by atoms with Crippen molar-refractivity contribution in [3.8, 4) is 0 Å². The van der Waals surface area contributed by atoms with Gasteiger partial charge in [0.15, 0.2) is 5.92 Å². The Morgan fingerprint density at radius 1 is 0.389 bits per heavy atom. The highest BCUT2D eigenvalue weighted by Crippen LogP contribution is 2.21. The van der Waals surface area contributed by atoms with Crippen LogP contribution in [0.15, 0.2) is 97.2 Å². The summed E-state index contributed by atoms with van der Waals surface area (Å²) in [5, 5.41) is 43.0. The lowest BCUT2D eigenvalue weighted by Gasteiger charge is -2.27. The predicted octanol–water partition coefficient (Wildman–Crippen LogP) is 13.7. The van der Waals surface area contributed by atoms with Crippen molar-refractivity contribution in [3.63, 3.8) is 0 Å². The van der Waals surface area contributed by atoms with Gasteiger partial charge in [-0.25, -0.2) is 0 Å². The monoisotopic (exact) mass is 1040 g/mol. The minimum atomic E-state index is -1.41. The van der Waals surface area contributed by atoms with Crippen LogP contribution in [0, 0.1) is 5.92 Å². The summed E-state index contributed by atoms with van der Waals surface area (Å²) in [5.74, 6) is -1.35. The molecule has 0 saturated carbocycles. The molecule has 0 saturated heterocycles. The van der Waals surface area contributed by atoms with Gasteiger partial charge in [-0.1, -0.05) is 200 Å². The average molecular weight is 1040 g/mol. The number of allylic oxidation sites excluding steroid dienone is 12. The third-order valence-corrected chi connectivity index (χ3v) is 13.8. The van der Waals surface area contributed by atoms with Crippen molar-refractivity contribution >= 4 is 39.5 Å². The summed E-state index contributed by atoms with van der Waals surface area (Å²) in [5.41, 5.74) is 0. The molecule has 0 fully saturated rings. The number of thioether (sulfide) groups is 2. The number of nitrogens with zero attached hydrogens (tertiary/aromatic N) is 2. The topological polar surface area (TPSA) is 139 Å². The lowest BCUT2D eigenvalue weighted by atomic mass is 10.1. The van der Waals surface area contributed by atoms with E-state index in [-0.39, 0.29) is 11.5 Å². The molecule has 4 unspecified atom stereocenters. The number of hydrogen-bond acceptors (Lipinski definition) is 11. The van der Waals surface area contributed by atoms with Gasteiger partial charge in [0.1, 0.15) is 5.78 Å². The molecule has 0 aliphatic carbocycles. The van der Waals surface area contributed by atoms with E-state index in [1.807, 2.05) is 34.1 Å². The largest absolute Gasteiger partial charge is 0.391 e. The lowest BCUT2D eigenvalue weighted by Crippen LogP contribution is -2.40. The van der Waals surface area contributed by atoms with E-state index in [1.165, 1.54) is 84.0 Å². The zero-order chi connectivity index (χ0) is 53.1. The number of rotatable bonds is 49. The molecule has 0 amide bonds. The summed E-state index contributed by atoms with van der Waals surface area (Å²) in [6.45, 7) is 12.0. The number of carbonyl (C=O) groups excluding carboxylic acids is 3. The highest BCUT2D eigenvalue weighted by Gasteiger charge is 2.32. The third-order valence-electron chi connectivity index (χ3n) is 12.0. The van der Waals surface area contributed by atoms with E-state index < -0.39 is 46.3 Å². The molecule has 0 aromatic heterocycles. The number of unbranched alkanes of at least 4 members (excludes halogenated alkanes) is 12. The van der Waals surface area contributed by atoms with Gasteiger partial charge in [-0.3, -0.25) is 24.2 Å². The molecule has 11 heteroatoms. The van der Waals surface area contributed by atoms with Crippen LogP contribution in [0.4, 0.5) is 0 Å². The van der Waals surface area contributed by atoms with E-state index in [0.717, 1.165) is 74.9 Å². The van der Waals surface area contributed by atoms with Crippen LogP contribution in [-0.4, -0.2) is 121 Å². The van der Waals surface area contributed by atoms with E-state index in [1.54, 1.807) is 0 Å². The van der Waals surface area contributed by atoms with Gasteiger partial charge in [-0.05, 0) is 110 Å². The highest BCUT2D eigenvalue weighted by atomic mass is 32.2. The summed E-state index contributed by atoms with van der Waals surface area (Å²) in [6.07, 6.45) is 54.9. The molecule has 72 heavy (non-hydrogen) atoms. The Labute approximate surface area is 449 Å².